The first-order chi connectivity index (χ1) is 14.8. The Labute approximate surface area is 189 Å². The van der Waals surface area contributed by atoms with Gasteiger partial charge in [0, 0.05) is 12.1 Å². The Morgan fingerprint density at radius 1 is 0.433 bits per heavy atom. The van der Waals surface area contributed by atoms with Gasteiger partial charge in [-0.3, -0.25) is 0 Å². The van der Waals surface area contributed by atoms with E-state index in [4.69, 9.17) is 0 Å². The first-order valence-electron chi connectivity index (χ1n) is 14.6. The van der Waals surface area contributed by atoms with Crippen LogP contribution in [0.5, 0.6) is 0 Å². The third-order valence-electron chi connectivity index (χ3n) is 9.05. The Morgan fingerprint density at radius 3 is 1.37 bits per heavy atom. The second-order valence-electron chi connectivity index (χ2n) is 11.5. The molecule has 0 bridgehead atoms. The molecule has 3 rings (SSSR count). The van der Waals surface area contributed by atoms with E-state index in [-0.39, 0.29) is 0 Å². The standard InChI is InChI=1S/C29H55N/c1-25-19-18-24-28(30-27-22-16-12-8-4-5-9-13-17-23-27)29(25)26-20-14-10-6-2-3-7-11-15-21-26/h25-30H,2-24H2,1H3. The predicted molar refractivity (Wildman–Crippen MR) is 133 cm³/mol. The molecule has 1 nitrogen and oxygen atoms in total. The van der Waals surface area contributed by atoms with Gasteiger partial charge in [0.05, 0.1) is 0 Å². The van der Waals surface area contributed by atoms with Crippen molar-refractivity contribution in [2.45, 2.75) is 167 Å². The molecular formula is C29H55N. The first-order valence-corrected chi connectivity index (χ1v) is 14.6. The summed E-state index contributed by atoms with van der Waals surface area (Å²) in [6.45, 7) is 2.61. The zero-order valence-electron chi connectivity index (χ0n) is 20.7. The molecule has 0 saturated heterocycles. The maximum Gasteiger partial charge on any atom is 0.0103 e. The Hall–Kier alpha value is -0.0400. The zero-order valence-corrected chi connectivity index (χ0v) is 20.7. The third kappa shape index (κ3) is 8.84. The van der Waals surface area contributed by atoms with E-state index in [1.54, 1.807) is 0 Å². The van der Waals surface area contributed by atoms with Crippen molar-refractivity contribution in [2.75, 3.05) is 0 Å². The molecule has 3 fully saturated rings. The van der Waals surface area contributed by atoms with Crippen LogP contribution in [0, 0.1) is 17.8 Å². The summed E-state index contributed by atoms with van der Waals surface area (Å²) in [5.74, 6) is 2.89. The lowest BCUT2D eigenvalue weighted by atomic mass is 9.67. The maximum atomic E-state index is 4.35. The summed E-state index contributed by atoms with van der Waals surface area (Å²) in [5, 5.41) is 4.35. The molecule has 0 aromatic heterocycles. The molecule has 3 unspecified atom stereocenters. The fraction of sp³-hybridized carbons (Fsp3) is 1.00. The van der Waals surface area contributed by atoms with E-state index >= 15 is 0 Å². The number of hydrogen-bond donors (Lipinski definition) is 1. The molecule has 0 spiro atoms. The van der Waals surface area contributed by atoms with Crippen molar-refractivity contribution < 1.29 is 0 Å². The molecule has 0 aromatic carbocycles. The average molecular weight is 418 g/mol. The van der Waals surface area contributed by atoms with Crippen LogP contribution in [0.3, 0.4) is 0 Å². The van der Waals surface area contributed by atoms with Gasteiger partial charge in [-0.15, -0.1) is 0 Å². The molecule has 3 saturated carbocycles. The van der Waals surface area contributed by atoms with Crippen LogP contribution >= 0.6 is 0 Å². The van der Waals surface area contributed by atoms with E-state index in [1.807, 2.05) is 0 Å². The molecule has 1 heteroatoms. The van der Waals surface area contributed by atoms with Gasteiger partial charge in [-0.2, -0.15) is 0 Å². The van der Waals surface area contributed by atoms with E-state index in [2.05, 4.69) is 12.2 Å². The number of nitrogens with one attached hydrogen (secondary N) is 1. The van der Waals surface area contributed by atoms with Crippen LogP contribution < -0.4 is 5.32 Å². The topological polar surface area (TPSA) is 12.0 Å². The molecule has 0 heterocycles. The Kier molecular flexibility index (Phi) is 12.2. The Bertz CT molecular complexity index is 395. The quantitative estimate of drug-likeness (QED) is 0.482. The van der Waals surface area contributed by atoms with Gasteiger partial charge in [-0.1, -0.05) is 135 Å². The van der Waals surface area contributed by atoms with Gasteiger partial charge in [-0.05, 0) is 37.0 Å². The highest BCUT2D eigenvalue weighted by Crippen LogP contribution is 2.40. The molecule has 0 amide bonds. The molecule has 0 radical (unpaired) electrons. The minimum absolute atomic E-state index is 0.809. The van der Waals surface area contributed by atoms with Crippen LogP contribution in [0.1, 0.15) is 155 Å². The Morgan fingerprint density at radius 2 is 0.867 bits per heavy atom. The van der Waals surface area contributed by atoms with Crippen molar-refractivity contribution in [3.8, 4) is 0 Å². The van der Waals surface area contributed by atoms with Crippen molar-refractivity contribution in [2.24, 2.45) is 17.8 Å². The van der Waals surface area contributed by atoms with Crippen molar-refractivity contribution in [3.05, 3.63) is 0 Å². The van der Waals surface area contributed by atoms with Gasteiger partial charge in [0.25, 0.3) is 0 Å². The fourth-order valence-corrected chi connectivity index (χ4v) is 7.29. The lowest BCUT2D eigenvalue weighted by Gasteiger charge is -2.44. The molecule has 1 N–H and O–H groups in total. The van der Waals surface area contributed by atoms with Gasteiger partial charge in [0.15, 0.2) is 0 Å². The summed E-state index contributed by atoms with van der Waals surface area (Å²) < 4.78 is 0. The van der Waals surface area contributed by atoms with Crippen LogP contribution in [-0.4, -0.2) is 12.1 Å². The van der Waals surface area contributed by atoms with Crippen molar-refractivity contribution >= 4 is 0 Å². The molecular weight excluding hydrogens is 362 g/mol. The van der Waals surface area contributed by atoms with Crippen LogP contribution in [0.4, 0.5) is 0 Å². The highest BCUT2D eigenvalue weighted by Gasteiger charge is 2.36. The SMILES string of the molecule is CC1CCCC(NC2CCCCCCCCCC2)C1C1CCCCCCCCCC1. The Balaban J connectivity index is 1.60. The summed E-state index contributed by atoms with van der Waals surface area (Å²) in [4.78, 5) is 0. The molecule has 30 heavy (non-hydrogen) atoms. The summed E-state index contributed by atoms with van der Waals surface area (Å²) >= 11 is 0. The zero-order chi connectivity index (χ0) is 20.9. The lowest BCUT2D eigenvalue weighted by Crippen LogP contribution is -2.49. The second-order valence-corrected chi connectivity index (χ2v) is 11.5. The molecule has 0 aromatic rings. The minimum atomic E-state index is 0.809. The minimum Gasteiger partial charge on any atom is -0.311 e. The highest BCUT2D eigenvalue weighted by atomic mass is 15.0. The van der Waals surface area contributed by atoms with Gasteiger partial charge in [0.2, 0.25) is 0 Å². The van der Waals surface area contributed by atoms with Crippen LogP contribution in [0.15, 0.2) is 0 Å². The smallest absolute Gasteiger partial charge is 0.0103 e. The van der Waals surface area contributed by atoms with E-state index in [1.165, 1.54) is 148 Å². The summed E-state index contributed by atoms with van der Waals surface area (Å²) in [5.41, 5.74) is 0. The largest absolute Gasteiger partial charge is 0.311 e. The lowest BCUT2D eigenvalue weighted by molar-refractivity contribution is 0.0993. The number of rotatable bonds is 3. The monoisotopic (exact) mass is 417 g/mol. The van der Waals surface area contributed by atoms with E-state index in [0.29, 0.717) is 0 Å². The normalized spacial score (nSPS) is 33.3. The van der Waals surface area contributed by atoms with E-state index in [9.17, 15) is 0 Å². The molecule has 3 atom stereocenters. The van der Waals surface area contributed by atoms with E-state index in [0.717, 1.165) is 29.8 Å². The van der Waals surface area contributed by atoms with Gasteiger partial charge < -0.3 is 5.32 Å². The first kappa shape index (κ1) is 24.6. The van der Waals surface area contributed by atoms with Crippen molar-refractivity contribution in [3.63, 3.8) is 0 Å². The van der Waals surface area contributed by atoms with Crippen LogP contribution in [-0.2, 0) is 0 Å². The summed E-state index contributed by atoms with van der Waals surface area (Å²) in [7, 11) is 0. The van der Waals surface area contributed by atoms with Crippen molar-refractivity contribution in [1.82, 2.24) is 5.32 Å². The highest BCUT2D eigenvalue weighted by molar-refractivity contribution is 4.91. The van der Waals surface area contributed by atoms with E-state index < -0.39 is 0 Å². The number of hydrogen-bond acceptors (Lipinski definition) is 1. The van der Waals surface area contributed by atoms with Gasteiger partial charge >= 0.3 is 0 Å². The van der Waals surface area contributed by atoms with Gasteiger partial charge in [0.1, 0.15) is 0 Å². The summed E-state index contributed by atoms with van der Waals surface area (Å²) in [6.07, 6.45) is 34.2. The van der Waals surface area contributed by atoms with Crippen molar-refractivity contribution in [1.29, 1.82) is 0 Å². The summed E-state index contributed by atoms with van der Waals surface area (Å²) in [6, 6.07) is 1.63. The van der Waals surface area contributed by atoms with Crippen LogP contribution in [0.2, 0.25) is 0 Å². The molecule has 3 aliphatic carbocycles. The third-order valence-corrected chi connectivity index (χ3v) is 9.05. The molecule has 0 aliphatic heterocycles. The average Bonchev–Trinajstić information content (AvgIpc) is 2.84. The molecule has 3 aliphatic rings. The maximum absolute atomic E-state index is 4.35. The molecule has 176 valence electrons. The van der Waals surface area contributed by atoms with Gasteiger partial charge in [-0.25, -0.2) is 0 Å². The fourth-order valence-electron chi connectivity index (χ4n) is 7.29. The van der Waals surface area contributed by atoms with Crippen LogP contribution in [0.25, 0.3) is 0 Å². The second kappa shape index (κ2) is 14.9. The predicted octanol–water partition coefficient (Wildman–Crippen LogP) is 9.19.